The topological polar surface area (TPSA) is 79.5 Å². The molecule has 1 N–H and O–H groups in total. The van der Waals surface area contributed by atoms with Crippen molar-refractivity contribution in [3.63, 3.8) is 0 Å². The van der Waals surface area contributed by atoms with Gasteiger partial charge in [0.15, 0.2) is 5.82 Å². The van der Waals surface area contributed by atoms with Gasteiger partial charge >= 0.3 is 5.97 Å². The number of rotatable bonds is 4. The molecule has 0 amide bonds. The number of benzene rings is 1. The smallest absolute Gasteiger partial charge is 0.320 e. The van der Waals surface area contributed by atoms with Crippen LogP contribution in [0.3, 0.4) is 0 Å². The Kier molecular flexibility index (Phi) is 3.90. The Labute approximate surface area is 126 Å². The third kappa shape index (κ3) is 3.06. The normalized spacial score (nSPS) is 19.0. The van der Waals surface area contributed by atoms with Crippen LogP contribution in [0.5, 0.6) is 0 Å². The second kappa shape index (κ2) is 5.83. The van der Waals surface area contributed by atoms with Crippen LogP contribution < -0.4 is 0 Å². The number of nitrogens with zero attached hydrogens (tertiary/aromatic N) is 3. The highest BCUT2D eigenvalue weighted by Gasteiger charge is 2.31. The molecule has 1 saturated heterocycles. The lowest BCUT2D eigenvalue weighted by Crippen LogP contribution is -2.35. The van der Waals surface area contributed by atoms with Crippen LogP contribution in [-0.4, -0.2) is 38.7 Å². The van der Waals surface area contributed by atoms with E-state index in [2.05, 4.69) is 10.1 Å². The fourth-order valence-corrected chi connectivity index (χ4v) is 2.72. The first kappa shape index (κ1) is 14.0. The van der Waals surface area contributed by atoms with Gasteiger partial charge in [0.2, 0.25) is 0 Å². The molecule has 0 spiro atoms. The summed E-state index contributed by atoms with van der Waals surface area (Å²) in [5, 5.41) is 13.7. The summed E-state index contributed by atoms with van der Waals surface area (Å²) in [5.41, 5.74) is 0.748. The molecule has 0 saturated carbocycles. The predicted octanol–water partition coefficient (Wildman–Crippen LogP) is 2.44. The molecule has 2 heterocycles. The van der Waals surface area contributed by atoms with E-state index < -0.39 is 12.0 Å². The summed E-state index contributed by atoms with van der Waals surface area (Å²) in [6.45, 7) is 1.11. The minimum Gasteiger partial charge on any atom is -0.480 e. The first-order valence-electron chi connectivity index (χ1n) is 6.69. The second-order valence-corrected chi connectivity index (χ2v) is 5.43. The number of halogens is 1. The largest absolute Gasteiger partial charge is 0.480 e. The van der Waals surface area contributed by atoms with Crippen molar-refractivity contribution in [1.29, 1.82) is 0 Å². The number of aromatic nitrogens is 2. The molecule has 2 aromatic rings. The molecule has 0 radical (unpaired) electrons. The van der Waals surface area contributed by atoms with Crippen molar-refractivity contribution in [2.45, 2.75) is 25.4 Å². The lowest BCUT2D eigenvalue weighted by Gasteiger charge is -2.18. The maximum Gasteiger partial charge on any atom is 0.320 e. The molecule has 1 aliphatic heterocycles. The first-order valence-corrected chi connectivity index (χ1v) is 7.06. The van der Waals surface area contributed by atoms with Crippen molar-refractivity contribution in [1.82, 2.24) is 15.0 Å². The number of hydrogen-bond donors (Lipinski definition) is 1. The Morgan fingerprint density at radius 3 is 3.14 bits per heavy atom. The standard InChI is InChI=1S/C14H14ClN3O3/c15-10-4-1-3-9(7-10)13-16-12(17-21-13)8-18-6-2-5-11(18)14(19)20/h1,3-4,7,11H,2,5-6,8H2,(H,19,20)/t11-/m0/s1. The summed E-state index contributed by atoms with van der Waals surface area (Å²) < 4.78 is 5.22. The van der Waals surface area contributed by atoms with Crippen LogP contribution in [0.2, 0.25) is 5.02 Å². The molecular weight excluding hydrogens is 294 g/mol. The van der Waals surface area contributed by atoms with Gasteiger partial charge in [-0.05, 0) is 37.6 Å². The van der Waals surface area contributed by atoms with Crippen LogP contribution in [0.15, 0.2) is 28.8 Å². The van der Waals surface area contributed by atoms with E-state index in [4.69, 9.17) is 21.2 Å². The maximum atomic E-state index is 11.1. The highest BCUT2D eigenvalue weighted by molar-refractivity contribution is 6.30. The molecule has 3 rings (SSSR count). The zero-order chi connectivity index (χ0) is 14.8. The molecule has 1 aromatic heterocycles. The van der Waals surface area contributed by atoms with E-state index in [1.165, 1.54) is 0 Å². The minimum absolute atomic E-state index is 0.376. The lowest BCUT2D eigenvalue weighted by atomic mass is 10.2. The molecular formula is C14H14ClN3O3. The predicted molar refractivity (Wildman–Crippen MR) is 75.8 cm³/mol. The first-order chi connectivity index (χ1) is 10.1. The second-order valence-electron chi connectivity index (χ2n) is 4.99. The highest BCUT2D eigenvalue weighted by atomic mass is 35.5. The molecule has 1 aromatic carbocycles. The van der Waals surface area contributed by atoms with Gasteiger partial charge in [-0.15, -0.1) is 0 Å². The van der Waals surface area contributed by atoms with E-state index in [0.29, 0.717) is 29.7 Å². The summed E-state index contributed by atoms with van der Waals surface area (Å²) in [5.74, 6) is 0.0720. The van der Waals surface area contributed by atoms with Crippen molar-refractivity contribution in [3.05, 3.63) is 35.1 Å². The molecule has 1 aliphatic rings. The van der Waals surface area contributed by atoms with Crippen molar-refractivity contribution >= 4 is 17.6 Å². The van der Waals surface area contributed by atoms with Gasteiger partial charge in [-0.3, -0.25) is 9.69 Å². The number of carboxylic acid groups (broad SMARTS) is 1. The van der Waals surface area contributed by atoms with Crippen LogP contribution >= 0.6 is 11.6 Å². The van der Waals surface area contributed by atoms with Crippen molar-refractivity contribution in [3.8, 4) is 11.5 Å². The Morgan fingerprint density at radius 1 is 1.52 bits per heavy atom. The fraction of sp³-hybridized carbons (Fsp3) is 0.357. The fourth-order valence-electron chi connectivity index (χ4n) is 2.53. The lowest BCUT2D eigenvalue weighted by molar-refractivity contribution is -0.142. The Bertz CT molecular complexity index is 658. The summed E-state index contributed by atoms with van der Waals surface area (Å²) in [7, 11) is 0. The quantitative estimate of drug-likeness (QED) is 0.934. The average Bonchev–Trinajstić information content (AvgIpc) is 3.08. The van der Waals surface area contributed by atoms with Crippen LogP contribution in [0.4, 0.5) is 0 Å². The number of aliphatic carboxylic acids is 1. The SMILES string of the molecule is O=C(O)[C@@H]1CCCN1Cc1noc(-c2cccc(Cl)c2)n1. The summed E-state index contributed by atoms with van der Waals surface area (Å²) in [4.78, 5) is 17.3. The van der Waals surface area contributed by atoms with Gasteiger partial charge in [-0.25, -0.2) is 0 Å². The molecule has 0 aliphatic carbocycles. The molecule has 0 bridgehead atoms. The van der Waals surface area contributed by atoms with Gasteiger partial charge in [0.25, 0.3) is 5.89 Å². The van der Waals surface area contributed by atoms with Crippen molar-refractivity contribution < 1.29 is 14.4 Å². The van der Waals surface area contributed by atoms with Crippen molar-refractivity contribution in [2.75, 3.05) is 6.54 Å². The van der Waals surface area contributed by atoms with Gasteiger partial charge in [0, 0.05) is 10.6 Å². The number of carbonyl (C=O) groups is 1. The van der Waals surface area contributed by atoms with E-state index >= 15 is 0 Å². The molecule has 1 atom stereocenters. The van der Waals surface area contributed by atoms with E-state index in [0.717, 1.165) is 18.5 Å². The van der Waals surface area contributed by atoms with E-state index in [-0.39, 0.29) is 0 Å². The van der Waals surface area contributed by atoms with Gasteiger partial charge < -0.3 is 9.63 Å². The molecule has 0 unspecified atom stereocenters. The van der Waals surface area contributed by atoms with Gasteiger partial charge in [-0.1, -0.05) is 22.8 Å². The Hall–Kier alpha value is -1.92. The van der Waals surface area contributed by atoms with Crippen LogP contribution in [0.1, 0.15) is 18.7 Å². The third-order valence-corrected chi connectivity index (χ3v) is 3.77. The minimum atomic E-state index is -0.800. The monoisotopic (exact) mass is 307 g/mol. The summed E-state index contributed by atoms with van der Waals surface area (Å²) in [6.07, 6.45) is 1.53. The zero-order valence-electron chi connectivity index (χ0n) is 11.2. The zero-order valence-corrected chi connectivity index (χ0v) is 12.0. The van der Waals surface area contributed by atoms with E-state index in [1.807, 2.05) is 17.0 Å². The molecule has 110 valence electrons. The number of hydrogen-bond acceptors (Lipinski definition) is 5. The third-order valence-electron chi connectivity index (χ3n) is 3.53. The average molecular weight is 308 g/mol. The molecule has 21 heavy (non-hydrogen) atoms. The molecule has 7 heteroatoms. The van der Waals surface area contributed by atoms with Gasteiger partial charge in [0.05, 0.1) is 6.54 Å². The number of likely N-dealkylation sites (tertiary alicyclic amines) is 1. The van der Waals surface area contributed by atoms with Gasteiger partial charge in [0.1, 0.15) is 6.04 Å². The van der Waals surface area contributed by atoms with Crippen LogP contribution in [-0.2, 0) is 11.3 Å². The van der Waals surface area contributed by atoms with Crippen LogP contribution in [0, 0.1) is 0 Å². The number of carboxylic acids is 1. The van der Waals surface area contributed by atoms with E-state index in [9.17, 15) is 4.79 Å². The molecule has 1 fully saturated rings. The highest BCUT2D eigenvalue weighted by Crippen LogP contribution is 2.23. The molecule has 6 nitrogen and oxygen atoms in total. The maximum absolute atomic E-state index is 11.1. The summed E-state index contributed by atoms with van der Waals surface area (Å²) >= 11 is 5.93. The van der Waals surface area contributed by atoms with Crippen LogP contribution in [0.25, 0.3) is 11.5 Å². The van der Waals surface area contributed by atoms with E-state index in [1.54, 1.807) is 12.1 Å². The summed E-state index contributed by atoms with van der Waals surface area (Å²) in [6, 6.07) is 6.69. The Morgan fingerprint density at radius 2 is 2.38 bits per heavy atom. The van der Waals surface area contributed by atoms with Crippen molar-refractivity contribution in [2.24, 2.45) is 0 Å². The Balaban J connectivity index is 1.75. The van der Waals surface area contributed by atoms with Gasteiger partial charge in [-0.2, -0.15) is 4.98 Å².